The second kappa shape index (κ2) is 6.32. The molecule has 0 unspecified atom stereocenters. The summed E-state index contributed by atoms with van der Waals surface area (Å²) in [5.74, 6) is -4.01. The zero-order chi connectivity index (χ0) is 15.4. The summed E-state index contributed by atoms with van der Waals surface area (Å²) in [6.45, 7) is 5.43. The number of ether oxygens (including phenoxy) is 2. The maximum Gasteiger partial charge on any atom is 0.328 e. The smallest absolute Gasteiger partial charge is 0.328 e. The number of esters is 2. The fourth-order valence-corrected chi connectivity index (χ4v) is 2.26. The van der Waals surface area contributed by atoms with Crippen LogP contribution in [0.25, 0.3) is 0 Å². The summed E-state index contributed by atoms with van der Waals surface area (Å²) in [7, 11) is 2.25. The predicted octanol–water partition coefficient (Wildman–Crippen LogP) is 1.76. The average molecular weight is 278 g/mol. The van der Waals surface area contributed by atoms with E-state index in [9.17, 15) is 14.4 Å². The van der Waals surface area contributed by atoms with Crippen LogP contribution in [0, 0.1) is 26.7 Å². The lowest BCUT2D eigenvalue weighted by atomic mass is 9.90. The van der Waals surface area contributed by atoms with Crippen LogP contribution in [0.5, 0.6) is 0 Å². The molecule has 0 bridgehead atoms. The summed E-state index contributed by atoms with van der Waals surface area (Å²) in [5.41, 5.74) is 2.79. The monoisotopic (exact) mass is 278 g/mol. The zero-order valence-electron chi connectivity index (χ0n) is 12.3. The third-order valence-corrected chi connectivity index (χ3v) is 3.06. The van der Waals surface area contributed by atoms with Gasteiger partial charge in [0.05, 0.1) is 14.2 Å². The van der Waals surface area contributed by atoms with E-state index in [0.717, 1.165) is 19.8 Å². The van der Waals surface area contributed by atoms with Gasteiger partial charge in [-0.05, 0) is 31.9 Å². The van der Waals surface area contributed by atoms with Crippen molar-refractivity contribution < 1.29 is 23.9 Å². The van der Waals surface area contributed by atoms with E-state index in [1.54, 1.807) is 13.8 Å². The number of carbonyl (C=O) groups is 3. The molecule has 0 fully saturated rings. The summed E-state index contributed by atoms with van der Waals surface area (Å²) in [5, 5.41) is 0. The van der Waals surface area contributed by atoms with Crippen LogP contribution in [-0.4, -0.2) is 31.9 Å². The van der Waals surface area contributed by atoms with Crippen LogP contribution >= 0.6 is 0 Å². The molecule has 0 heterocycles. The van der Waals surface area contributed by atoms with Gasteiger partial charge in [0.15, 0.2) is 5.78 Å². The summed E-state index contributed by atoms with van der Waals surface area (Å²) < 4.78 is 9.04. The number of aryl methyl sites for hydroxylation is 3. The van der Waals surface area contributed by atoms with Gasteiger partial charge in [-0.15, -0.1) is 0 Å². The van der Waals surface area contributed by atoms with E-state index in [1.807, 2.05) is 19.1 Å². The van der Waals surface area contributed by atoms with Crippen LogP contribution in [0.3, 0.4) is 0 Å². The number of benzene rings is 1. The van der Waals surface area contributed by atoms with E-state index in [4.69, 9.17) is 0 Å². The Hall–Kier alpha value is -2.17. The van der Waals surface area contributed by atoms with E-state index < -0.39 is 23.6 Å². The first-order valence-electron chi connectivity index (χ1n) is 6.11. The first kappa shape index (κ1) is 15.9. The van der Waals surface area contributed by atoms with Crippen molar-refractivity contribution in [2.45, 2.75) is 20.8 Å². The summed E-state index contributed by atoms with van der Waals surface area (Å²) in [6, 6.07) is 3.65. The van der Waals surface area contributed by atoms with E-state index in [2.05, 4.69) is 9.47 Å². The highest BCUT2D eigenvalue weighted by Crippen LogP contribution is 2.21. The molecular formula is C15H18O5. The molecule has 0 radical (unpaired) electrons. The lowest BCUT2D eigenvalue weighted by Gasteiger charge is -2.15. The van der Waals surface area contributed by atoms with Crippen LogP contribution in [0.2, 0.25) is 0 Å². The van der Waals surface area contributed by atoms with Gasteiger partial charge in [-0.2, -0.15) is 0 Å². The Balaban J connectivity index is 3.33. The number of hydrogen-bond acceptors (Lipinski definition) is 5. The van der Waals surface area contributed by atoms with Crippen LogP contribution in [0.1, 0.15) is 27.0 Å². The second-order valence-corrected chi connectivity index (χ2v) is 4.62. The molecule has 0 aliphatic heterocycles. The Morgan fingerprint density at radius 2 is 1.30 bits per heavy atom. The minimum absolute atomic E-state index is 0.358. The molecule has 108 valence electrons. The molecule has 5 heteroatoms. The molecule has 0 saturated heterocycles. The van der Waals surface area contributed by atoms with Gasteiger partial charge < -0.3 is 9.47 Å². The molecule has 0 spiro atoms. The number of hydrogen-bond donors (Lipinski definition) is 0. The molecule has 0 amide bonds. The van der Waals surface area contributed by atoms with Gasteiger partial charge in [-0.3, -0.25) is 14.4 Å². The molecule has 0 atom stereocenters. The summed E-state index contributed by atoms with van der Waals surface area (Å²) in [4.78, 5) is 35.8. The first-order valence-corrected chi connectivity index (χ1v) is 6.11. The highest BCUT2D eigenvalue weighted by molar-refractivity contribution is 6.21. The lowest BCUT2D eigenvalue weighted by molar-refractivity contribution is -0.155. The van der Waals surface area contributed by atoms with Crippen LogP contribution in [0.15, 0.2) is 12.1 Å². The maximum atomic E-state index is 12.5. The van der Waals surface area contributed by atoms with E-state index in [1.165, 1.54) is 0 Å². The number of carbonyl (C=O) groups excluding carboxylic acids is 3. The normalized spacial score (nSPS) is 10.3. The average Bonchev–Trinajstić information content (AvgIpc) is 2.37. The Kier molecular flexibility index (Phi) is 5.02. The summed E-state index contributed by atoms with van der Waals surface area (Å²) >= 11 is 0. The van der Waals surface area contributed by atoms with Gasteiger partial charge >= 0.3 is 11.9 Å². The van der Waals surface area contributed by atoms with Crippen molar-refractivity contribution in [3.8, 4) is 0 Å². The van der Waals surface area contributed by atoms with Crippen molar-refractivity contribution in [1.29, 1.82) is 0 Å². The number of rotatable bonds is 4. The minimum Gasteiger partial charge on any atom is -0.468 e. The molecule has 1 aromatic carbocycles. The molecule has 5 nitrogen and oxygen atoms in total. The fraction of sp³-hybridized carbons (Fsp3) is 0.400. The van der Waals surface area contributed by atoms with Crippen molar-refractivity contribution in [3.05, 3.63) is 34.4 Å². The largest absolute Gasteiger partial charge is 0.468 e. The van der Waals surface area contributed by atoms with E-state index in [0.29, 0.717) is 16.7 Å². The molecule has 0 aliphatic carbocycles. The second-order valence-electron chi connectivity index (χ2n) is 4.62. The third-order valence-electron chi connectivity index (χ3n) is 3.06. The van der Waals surface area contributed by atoms with Gasteiger partial charge in [-0.1, -0.05) is 17.7 Å². The van der Waals surface area contributed by atoms with E-state index >= 15 is 0 Å². The lowest BCUT2D eigenvalue weighted by Crippen LogP contribution is -2.34. The Bertz CT molecular complexity index is 520. The van der Waals surface area contributed by atoms with Gasteiger partial charge in [-0.25, -0.2) is 0 Å². The highest BCUT2D eigenvalue weighted by Gasteiger charge is 2.37. The maximum absolute atomic E-state index is 12.5. The molecule has 0 aromatic heterocycles. The fourth-order valence-electron chi connectivity index (χ4n) is 2.26. The van der Waals surface area contributed by atoms with Crippen molar-refractivity contribution in [3.63, 3.8) is 0 Å². The standard InChI is InChI=1S/C15H18O5/c1-8-6-9(2)11(10(3)7-8)13(16)12(14(17)19-4)15(18)20-5/h6-7,12H,1-5H3. The predicted molar refractivity (Wildman–Crippen MR) is 72.5 cm³/mol. The Morgan fingerprint density at radius 1 is 0.900 bits per heavy atom. The van der Waals surface area contributed by atoms with Crippen molar-refractivity contribution in [2.24, 2.45) is 5.92 Å². The molecule has 1 rings (SSSR count). The molecule has 0 N–H and O–H groups in total. The van der Waals surface area contributed by atoms with Gasteiger partial charge in [0.1, 0.15) is 0 Å². The molecule has 0 saturated carbocycles. The molecule has 1 aromatic rings. The zero-order valence-corrected chi connectivity index (χ0v) is 12.3. The number of ketones is 1. The minimum atomic E-state index is -1.58. The van der Waals surface area contributed by atoms with Crippen molar-refractivity contribution in [2.75, 3.05) is 14.2 Å². The topological polar surface area (TPSA) is 69.7 Å². The van der Waals surface area contributed by atoms with Crippen molar-refractivity contribution in [1.82, 2.24) is 0 Å². The van der Waals surface area contributed by atoms with Crippen LogP contribution in [0.4, 0.5) is 0 Å². The van der Waals surface area contributed by atoms with Crippen LogP contribution < -0.4 is 0 Å². The third kappa shape index (κ3) is 3.04. The highest BCUT2D eigenvalue weighted by atomic mass is 16.5. The molecular weight excluding hydrogens is 260 g/mol. The van der Waals surface area contributed by atoms with Crippen LogP contribution in [-0.2, 0) is 19.1 Å². The number of Topliss-reactive ketones (excluding diaryl/α,β-unsaturated/α-hetero) is 1. The SMILES string of the molecule is COC(=O)C(C(=O)OC)C(=O)c1c(C)cc(C)cc1C. The van der Waals surface area contributed by atoms with Gasteiger partial charge in [0, 0.05) is 5.56 Å². The van der Waals surface area contributed by atoms with Gasteiger partial charge in [0.25, 0.3) is 0 Å². The number of methoxy groups -OCH3 is 2. The van der Waals surface area contributed by atoms with Gasteiger partial charge in [0.2, 0.25) is 5.92 Å². The van der Waals surface area contributed by atoms with E-state index in [-0.39, 0.29) is 0 Å². The first-order chi connectivity index (χ1) is 9.33. The van der Waals surface area contributed by atoms with Crippen molar-refractivity contribution >= 4 is 17.7 Å². The Labute approximate surface area is 117 Å². The quantitative estimate of drug-likeness (QED) is 0.477. The summed E-state index contributed by atoms with van der Waals surface area (Å²) in [6.07, 6.45) is 0. The molecule has 0 aliphatic rings. The molecule has 20 heavy (non-hydrogen) atoms. The Morgan fingerprint density at radius 3 is 1.65 bits per heavy atom.